The Balaban J connectivity index is 1.68. The lowest BCUT2D eigenvalue weighted by atomic mass is 9.88. The maximum Gasteiger partial charge on any atom is 0.309 e. The summed E-state index contributed by atoms with van der Waals surface area (Å²) in [6.07, 6.45) is 0.870. The molecular weight excluding hydrogens is 344 g/mol. The normalized spacial score (nSPS) is 13.2. The Morgan fingerprint density at radius 1 is 0.821 bits per heavy atom. The van der Waals surface area contributed by atoms with Gasteiger partial charge in [-0.2, -0.15) is 0 Å². The highest BCUT2D eigenvalue weighted by Gasteiger charge is 2.25. The van der Waals surface area contributed by atoms with Gasteiger partial charge in [-0.05, 0) is 56.1 Å². The number of carbonyl (C=O) groups excluding carboxylic acids is 1. The molecule has 4 rings (SSSR count). The van der Waals surface area contributed by atoms with E-state index >= 15 is 0 Å². The molecule has 0 heterocycles. The SMILES string of the molecule is CC(C)CC(C(=O)OCc1ccc2ccc3cccc4ccc1c2c34)C(C)C. The molecule has 0 fully saturated rings. The van der Waals surface area contributed by atoms with E-state index in [-0.39, 0.29) is 17.8 Å². The summed E-state index contributed by atoms with van der Waals surface area (Å²) in [5, 5.41) is 7.48. The summed E-state index contributed by atoms with van der Waals surface area (Å²) >= 11 is 0. The van der Waals surface area contributed by atoms with E-state index in [1.54, 1.807) is 0 Å². The summed E-state index contributed by atoms with van der Waals surface area (Å²) in [5.74, 6) is 0.653. The van der Waals surface area contributed by atoms with E-state index in [0.29, 0.717) is 12.5 Å². The highest BCUT2D eigenvalue weighted by molar-refractivity contribution is 6.23. The summed E-state index contributed by atoms with van der Waals surface area (Å²) < 4.78 is 5.80. The summed E-state index contributed by atoms with van der Waals surface area (Å²) in [7, 11) is 0. The molecule has 28 heavy (non-hydrogen) atoms. The Hall–Kier alpha value is -2.61. The van der Waals surface area contributed by atoms with E-state index < -0.39 is 0 Å². The molecule has 144 valence electrons. The van der Waals surface area contributed by atoms with Gasteiger partial charge in [0, 0.05) is 0 Å². The summed E-state index contributed by atoms with van der Waals surface area (Å²) in [4.78, 5) is 12.7. The van der Waals surface area contributed by atoms with E-state index in [4.69, 9.17) is 4.74 Å². The minimum absolute atomic E-state index is 0.0419. The van der Waals surface area contributed by atoms with Crippen molar-refractivity contribution in [2.45, 2.75) is 40.7 Å². The second-order valence-electron chi connectivity index (χ2n) is 8.67. The van der Waals surface area contributed by atoms with Crippen LogP contribution in [0.5, 0.6) is 0 Å². The number of esters is 1. The van der Waals surface area contributed by atoms with Crippen molar-refractivity contribution >= 4 is 38.3 Å². The number of ether oxygens (including phenoxy) is 1. The molecule has 0 aliphatic rings. The fourth-order valence-electron chi connectivity index (χ4n) is 4.33. The zero-order valence-electron chi connectivity index (χ0n) is 17.2. The van der Waals surface area contributed by atoms with Gasteiger partial charge in [0.2, 0.25) is 0 Å². The molecule has 4 aromatic carbocycles. The van der Waals surface area contributed by atoms with Crippen LogP contribution in [0, 0.1) is 17.8 Å². The largest absolute Gasteiger partial charge is 0.461 e. The van der Waals surface area contributed by atoms with Crippen molar-refractivity contribution in [2.75, 3.05) is 0 Å². The van der Waals surface area contributed by atoms with Crippen LogP contribution < -0.4 is 0 Å². The zero-order valence-corrected chi connectivity index (χ0v) is 17.2. The van der Waals surface area contributed by atoms with E-state index in [9.17, 15) is 4.79 Å². The number of hydrogen-bond donors (Lipinski definition) is 0. The van der Waals surface area contributed by atoms with Crippen molar-refractivity contribution in [3.63, 3.8) is 0 Å². The minimum Gasteiger partial charge on any atom is -0.461 e. The van der Waals surface area contributed by atoms with Crippen molar-refractivity contribution in [3.05, 3.63) is 60.2 Å². The molecule has 2 nitrogen and oxygen atoms in total. The third-order valence-corrected chi connectivity index (χ3v) is 5.82. The lowest BCUT2D eigenvalue weighted by Gasteiger charge is -2.21. The van der Waals surface area contributed by atoms with E-state index in [1.807, 2.05) is 0 Å². The van der Waals surface area contributed by atoms with Gasteiger partial charge in [0.1, 0.15) is 6.61 Å². The Bertz CT molecular complexity index is 1110. The van der Waals surface area contributed by atoms with Crippen LogP contribution in [0.15, 0.2) is 54.6 Å². The molecule has 0 saturated heterocycles. The zero-order chi connectivity index (χ0) is 19.8. The molecule has 2 heteroatoms. The molecule has 1 atom stereocenters. The predicted molar refractivity (Wildman–Crippen MR) is 118 cm³/mol. The van der Waals surface area contributed by atoms with Crippen molar-refractivity contribution < 1.29 is 9.53 Å². The lowest BCUT2D eigenvalue weighted by molar-refractivity contribution is -0.152. The third kappa shape index (κ3) is 3.32. The Kier molecular flexibility index (Phi) is 4.97. The molecule has 0 aliphatic carbocycles. The summed E-state index contributed by atoms with van der Waals surface area (Å²) in [6, 6.07) is 19.4. The van der Waals surface area contributed by atoms with Gasteiger partial charge in [-0.25, -0.2) is 0 Å². The van der Waals surface area contributed by atoms with Gasteiger partial charge in [0.15, 0.2) is 0 Å². The first-order valence-electron chi connectivity index (χ1n) is 10.3. The van der Waals surface area contributed by atoms with Crippen LogP contribution in [0.1, 0.15) is 39.7 Å². The molecule has 0 aliphatic heterocycles. The van der Waals surface area contributed by atoms with Crippen LogP contribution in [0.25, 0.3) is 32.3 Å². The Morgan fingerprint density at radius 3 is 2.07 bits per heavy atom. The van der Waals surface area contributed by atoms with Crippen LogP contribution in [-0.2, 0) is 16.1 Å². The molecule has 4 aromatic rings. The molecule has 0 amide bonds. The first-order valence-corrected chi connectivity index (χ1v) is 10.3. The highest BCUT2D eigenvalue weighted by atomic mass is 16.5. The monoisotopic (exact) mass is 372 g/mol. The Morgan fingerprint density at radius 2 is 1.43 bits per heavy atom. The van der Waals surface area contributed by atoms with E-state index in [2.05, 4.69) is 82.3 Å². The van der Waals surface area contributed by atoms with Crippen molar-refractivity contribution in [2.24, 2.45) is 17.8 Å². The molecule has 0 aromatic heterocycles. The van der Waals surface area contributed by atoms with Crippen LogP contribution in [0.4, 0.5) is 0 Å². The van der Waals surface area contributed by atoms with Crippen LogP contribution in [0.2, 0.25) is 0 Å². The second-order valence-corrected chi connectivity index (χ2v) is 8.67. The third-order valence-electron chi connectivity index (χ3n) is 5.82. The smallest absolute Gasteiger partial charge is 0.309 e. The average molecular weight is 373 g/mol. The van der Waals surface area contributed by atoms with Gasteiger partial charge < -0.3 is 4.74 Å². The summed E-state index contributed by atoms with van der Waals surface area (Å²) in [5.41, 5.74) is 1.08. The van der Waals surface area contributed by atoms with Gasteiger partial charge in [-0.3, -0.25) is 4.79 Å². The number of rotatable bonds is 6. The topological polar surface area (TPSA) is 26.3 Å². The number of hydrogen-bond acceptors (Lipinski definition) is 2. The first kappa shape index (κ1) is 18.7. The lowest BCUT2D eigenvalue weighted by Crippen LogP contribution is -2.24. The van der Waals surface area contributed by atoms with Gasteiger partial charge >= 0.3 is 5.97 Å². The van der Waals surface area contributed by atoms with Crippen LogP contribution in [0.3, 0.4) is 0 Å². The summed E-state index contributed by atoms with van der Waals surface area (Å²) in [6.45, 7) is 8.84. The van der Waals surface area contributed by atoms with Gasteiger partial charge in [0.25, 0.3) is 0 Å². The quantitative estimate of drug-likeness (QED) is 0.270. The fraction of sp³-hybridized carbons (Fsp3) is 0.346. The average Bonchev–Trinajstić information content (AvgIpc) is 2.68. The van der Waals surface area contributed by atoms with Crippen molar-refractivity contribution in [3.8, 4) is 0 Å². The molecule has 0 N–H and O–H groups in total. The number of carbonyl (C=O) groups is 1. The standard InChI is InChI=1S/C26H28O2/c1-16(2)14-23(17(3)4)26(27)28-15-21-11-10-20-9-8-18-6-5-7-19-12-13-22(21)25(20)24(18)19/h5-13,16-17,23H,14-15H2,1-4H3. The van der Waals surface area contributed by atoms with Gasteiger partial charge in [-0.15, -0.1) is 0 Å². The van der Waals surface area contributed by atoms with Crippen LogP contribution in [-0.4, -0.2) is 5.97 Å². The second kappa shape index (κ2) is 7.43. The van der Waals surface area contributed by atoms with E-state index in [1.165, 1.54) is 32.3 Å². The first-order chi connectivity index (χ1) is 13.5. The molecule has 0 bridgehead atoms. The minimum atomic E-state index is -0.0746. The molecule has 1 unspecified atom stereocenters. The number of benzene rings is 4. The van der Waals surface area contributed by atoms with Crippen molar-refractivity contribution in [1.82, 2.24) is 0 Å². The Labute approximate surface area is 166 Å². The molecule has 0 saturated carbocycles. The van der Waals surface area contributed by atoms with E-state index in [0.717, 1.165) is 12.0 Å². The van der Waals surface area contributed by atoms with Crippen molar-refractivity contribution in [1.29, 1.82) is 0 Å². The molecule has 0 radical (unpaired) electrons. The van der Waals surface area contributed by atoms with Gasteiger partial charge in [-0.1, -0.05) is 82.3 Å². The molecular formula is C26H28O2. The predicted octanol–water partition coefficient (Wildman–Crippen LogP) is 6.95. The van der Waals surface area contributed by atoms with Gasteiger partial charge in [0.05, 0.1) is 5.92 Å². The maximum atomic E-state index is 12.7. The molecule has 0 spiro atoms. The highest BCUT2D eigenvalue weighted by Crippen LogP contribution is 2.36. The van der Waals surface area contributed by atoms with Crippen LogP contribution >= 0.6 is 0 Å². The maximum absolute atomic E-state index is 12.7. The fourth-order valence-corrected chi connectivity index (χ4v) is 4.33.